The van der Waals surface area contributed by atoms with E-state index in [0.29, 0.717) is 5.82 Å². The molecule has 172 valence electrons. The Kier molecular flexibility index (Phi) is 6.97. The minimum Gasteiger partial charge on any atom is -0.335 e. The number of H-pyrrole nitrogens is 2. The zero-order chi connectivity index (χ0) is 24.1. The highest BCUT2D eigenvalue weighted by Crippen LogP contribution is 2.25. The van der Waals surface area contributed by atoms with Crippen LogP contribution in [0, 0.1) is 0 Å². The van der Waals surface area contributed by atoms with E-state index in [9.17, 15) is 0 Å². The molecule has 0 aliphatic carbocycles. The Hall–Kier alpha value is -4.06. The molecule has 0 bridgehead atoms. The largest absolute Gasteiger partial charge is 0.335 e. The summed E-state index contributed by atoms with van der Waals surface area (Å²) in [5.41, 5.74) is 8.11. The minimum absolute atomic E-state index is 0.713. The van der Waals surface area contributed by atoms with E-state index in [-0.39, 0.29) is 0 Å². The second-order valence-electron chi connectivity index (χ2n) is 8.05. The summed E-state index contributed by atoms with van der Waals surface area (Å²) >= 11 is 0. The highest BCUT2D eigenvalue weighted by atomic mass is 15.1. The monoisotopic (exact) mass is 450 g/mol. The quantitative estimate of drug-likeness (QED) is 0.406. The highest BCUT2D eigenvalue weighted by Gasteiger charge is 2.14. The molecule has 2 N–H and O–H groups in total. The second-order valence-corrected chi connectivity index (χ2v) is 8.05. The summed E-state index contributed by atoms with van der Waals surface area (Å²) < 4.78 is 0. The number of fused-ring (bicyclic) bond motifs is 1. The molecule has 0 aromatic carbocycles. The maximum atomic E-state index is 4.91. The molecule has 4 aromatic rings. The number of aromatic nitrogens is 6. The number of aromatic amines is 2. The molecule has 0 saturated carbocycles. The third kappa shape index (κ3) is 4.53. The van der Waals surface area contributed by atoms with Crippen LogP contribution in [0.4, 0.5) is 0 Å². The molecule has 0 unspecified atom stereocenters. The Bertz CT molecular complexity index is 1530. The van der Waals surface area contributed by atoms with Gasteiger partial charge in [0.1, 0.15) is 5.69 Å². The molecule has 6 nitrogen and oxygen atoms in total. The lowest BCUT2D eigenvalue weighted by Gasteiger charge is -2.02. The average Bonchev–Trinajstić information content (AvgIpc) is 3.49. The summed E-state index contributed by atoms with van der Waals surface area (Å²) in [5.74, 6) is 0.713. The number of pyridine rings is 2. The van der Waals surface area contributed by atoms with Crippen LogP contribution in [0.25, 0.3) is 45.8 Å². The van der Waals surface area contributed by atoms with Crippen LogP contribution in [-0.4, -0.2) is 30.1 Å². The molecule has 0 amide bonds. The Balaban J connectivity index is 1.77. The van der Waals surface area contributed by atoms with Gasteiger partial charge in [-0.2, -0.15) is 5.10 Å². The standard InChI is InChI=1S/C28H30N6/c1-6-10-20(8-3)23-16-30-17-25-26(23)32-28(31-25)27-22(9-4)24(33-34-27)12-11-18(5)21-13-19(7-2)14-29-15-21/h6,8-17,33H,7H2,1-5H3,(H,31,32)/b10-6-,18-11+,20-8+,22-9-,24-12+. The van der Waals surface area contributed by atoms with E-state index in [0.717, 1.165) is 56.0 Å². The maximum absolute atomic E-state index is 4.91. The molecule has 0 aliphatic rings. The lowest BCUT2D eigenvalue weighted by atomic mass is 10.1. The molecule has 34 heavy (non-hydrogen) atoms. The normalized spacial score (nSPS) is 14.1. The lowest BCUT2D eigenvalue weighted by molar-refractivity contribution is 1.06. The highest BCUT2D eigenvalue weighted by molar-refractivity contribution is 5.92. The van der Waals surface area contributed by atoms with E-state index >= 15 is 0 Å². The molecule has 4 aromatic heterocycles. The van der Waals surface area contributed by atoms with Crippen LogP contribution in [0.2, 0.25) is 0 Å². The van der Waals surface area contributed by atoms with Gasteiger partial charge in [-0.1, -0.05) is 37.3 Å². The van der Waals surface area contributed by atoms with Crippen molar-refractivity contribution in [2.45, 2.75) is 41.0 Å². The molecular weight excluding hydrogens is 420 g/mol. The van der Waals surface area contributed by atoms with Crippen LogP contribution in [0.3, 0.4) is 0 Å². The third-order valence-corrected chi connectivity index (χ3v) is 5.87. The average molecular weight is 451 g/mol. The first-order valence-electron chi connectivity index (χ1n) is 11.6. The van der Waals surface area contributed by atoms with Gasteiger partial charge in [-0.05, 0) is 68.5 Å². The first-order valence-corrected chi connectivity index (χ1v) is 11.6. The van der Waals surface area contributed by atoms with Gasteiger partial charge in [0.05, 0.1) is 22.6 Å². The van der Waals surface area contributed by atoms with Gasteiger partial charge in [0.25, 0.3) is 0 Å². The summed E-state index contributed by atoms with van der Waals surface area (Å²) in [6.45, 7) is 10.3. The summed E-state index contributed by atoms with van der Waals surface area (Å²) in [7, 11) is 0. The molecule has 0 saturated heterocycles. The number of rotatable bonds is 6. The van der Waals surface area contributed by atoms with Crippen molar-refractivity contribution in [1.29, 1.82) is 0 Å². The van der Waals surface area contributed by atoms with Gasteiger partial charge in [0, 0.05) is 29.4 Å². The Morgan fingerprint density at radius 2 is 1.88 bits per heavy atom. The number of hydrogen-bond acceptors (Lipinski definition) is 4. The van der Waals surface area contributed by atoms with Crippen molar-refractivity contribution in [1.82, 2.24) is 30.1 Å². The Morgan fingerprint density at radius 1 is 1.06 bits per heavy atom. The molecule has 0 aliphatic heterocycles. The zero-order valence-corrected chi connectivity index (χ0v) is 20.3. The molecule has 0 atom stereocenters. The van der Waals surface area contributed by atoms with E-state index in [1.165, 1.54) is 5.56 Å². The smallest absolute Gasteiger partial charge is 0.159 e. The second kappa shape index (κ2) is 10.3. The van der Waals surface area contributed by atoms with Gasteiger partial charge in [-0.15, -0.1) is 0 Å². The first-order chi connectivity index (χ1) is 16.6. The van der Waals surface area contributed by atoms with Crippen molar-refractivity contribution in [2.75, 3.05) is 0 Å². The molecule has 4 rings (SSSR count). The fourth-order valence-corrected chi connectivity index (χ4v) is 3.94. The number of nitrogens with one attached hydrogen (secondary N) is 2. The van der Waals surface area contributed by atoms with Crippen LogP contribution < -0.4 is 10.6 Å². The number of allylic oxidation sites excluding steroid dienone is 6. The molecule has 0 fully saturated rings. The van der Waals surface area contributed by atoms with E-state index < -0.39 is 0 Å². The van der Waals surface area contributed by atoms with Crippen LogP contribution in [0.15, 0.2) is 55.2 Å². The van der Waals surface area contributed by atoms with E-state index in [4.69, 9.17) is 4.98 Å². The van der Waals surface area contributed by atoms with Gasteiger partial charge in [0.2, 0.25) is 0 Å². The van der Waals surface area contributed by atoms with Gasteiger partial charge in [0.15, 0.2) is 5.82 Å². The first kappa shape index (κ1) is 23.1. The molecule has 0 radical (unpaired) electrons. The molecule has 6 heteroatoms. The van der Waals surface area contributed by atoms with Gasteiger partial charge in [-0.25, -0.2) is 4.98 Å². The Morgan fingerprint density at radius 3 is 2.62 bits per heavy atom. The summed E-state index contributed by atoms with van der Waals surface area (Å²) in [5, 5.41) is 9.69. The van der Waals surface area contributed by atoms with Gasteiger partial charge >= 0.3 is 0 Å². The zero-order valence-electron chi connectivity index (χ0n) is 20.3. The van der Waals surface area contributed by atoms with Gasteiger partial charge < -0.3 is 4.98 Å². The fourth-order valence-electron chi connectivity index (χ4n) is 3.94. The SMILES string of the molecule is C/C=C\C(=C/C)c1cncc2[nH]c(-c3n[nH]c(=C/C=C(\C)c4cncc(CC)c4)/c3=C/C)nc12. The molecule has 0 spiro atoms. The Labute approximate surface area is 199 Å². The van der Waals surface area contributed by atoms with Crippen molar-refractivity contribution >= 4 is 34.3 Å². The number of hydrogen-bond donors (Lipinski definition) is 2. The van der Waals surface area contributed by atoms with Crippen molar-refractivity contribution in [3.8, 4) is 11.5 Å². The predicted octanol–water partition coefficient (Wildman–Crippen LogP) is 4.97. The van der Waals surface area contributed by atoms with Crippen LogP contribution in [0.5, 0.6) is 0 Å². The van der Waals surface area contributed by atoms with Crippen molar-refractivity contribution in [3.63, 3.8) is 0 Å². The third-order valence-electron chi connectivity index (χ3n) is 5.87. The minimum atomic E-state index is 0.713. The molecule has 4 heterocycles. The van der Waals surface area contributed by atoms with E-state index in [1.54, 1.807) is 6.20 Å². The number of imidazole rings is 1. The summed E-state index contributed by atoms with van der Waals surface area (Å²) in [6.07, 6.45) is 20.8. The van der Waals surface area contributed by atoms with Crippen molar-refractivity contribution < 1.29 is 0 Å². The van der Waals surface area contributed by atoms with Crippen molar-refractivity contribution in [2.24, 2.45) is 0 Å². The van der Waals surface area contributed by atoms with Gasteiger partial charge in [-0.3, -0.25) is 15.1 Å². The predicted molar refractivity (Wildman–Crippen MR) is 141 cm³/mol. The van der Waals surface area contributed by atoms with E-state index in [1.807, 2.05) is 45.4 Å². The number of nitrogens with zero attached hydrogens (tertiary/aromatic N) is 4. The summed E-state index contributed by atoms with van der Waals surface area (Å²) in [4.78, 5) is 17.1. The van der Waals surface area contributed by atoms with Crippen LogP contribution in [-0.2, 0) is 6.42 Å². The maximum Gasteiger partial charge on any atom is 0.159 e. The summed E-state index contributed by atoms with van der Waals surface area (Å²) in [6, 6.07) is 2.19. The fraction of sp³-hybridized carbons (Fsp3) is 0.214. The lowest BCUT2D eigenvalue weighted by Crippen LogP contribution is -2.23. The molecular formula is C28H30N6. The van der Waals surface area contributed by atoms with E-state index in [2.05, 4.69) is 75.4 Å². The van der Waals surface area contributed by atoms with Crippen LogP contribution in [0.1, 0.15) is 51.3 Å². The van der Waals surface area contributed by atoms with Crippen molar-refractivity contribution in [3.05, 3.63) is 82.4 Å². The topological polar surface area (TPSA) is 83.1 Å². The van der Waals surface area contributed by atoms with Crippen LogP contribution >= 0.6 is 0 Å². The number of aryl methyl sites for hydroxylation is 1.